The van der Waals surface area contributed by atoms with Crippen molar-refractivity contribution in [2.24, 2.45) is 0 Å². The Hall–Kier alpha value is -1.16. The lowest BCUT2D eigenvalue weighted by Crippen LogP contribution is -2.46. The zero-order chi connectivity index (χ0) is 13.3. The van der Waals surface area contributed by atoms with E-state index in [9.17, 15) is 5.11 Å². The summed E-state index contributed by atoms with van der Waals surface area (Å²) in [4.78, 5) is 11.3. The van der Waals surface area contributed by atoms with Crippen LogP contribution in [0.3, 0.4) is 0 Å². The molecule has 1 aliphatic heterocycles. The molecule has 1 unspecified atom stereocenters. The van der Waals surface area contributed by atoms with E-state index in [1.165, 1.54) is 0 Å². The van der Waals surface area contributed by atoms with Crippen LogP contribution in [0.2, 0.25) is 0 Å². The second kappa shape index (κ2) is 4.84. The summed E-state index contributed by atoms with van der Waals surface area (Å²) in [5, 5.41) is 10.2. The van der Waals surface area contributed by atoms with Crippen LogP contribution in [0.5, 0.6) is 0 Å². The van der Waals surface area contributed by atoms with Crippen molar-refractivity contribution in [3.05, 3.63) is 17.6 Å². The fourth-order valence-corrected chi connectivity index (χ4v) is 2.41. The highest BCUT2D eigenvalue weighted by molar-refractivity contribution is 5.41. The number of aromatic nitrogens is 2. The van der Waals surface area contributed by atoms with Crippen LogP contribution in [-0.4, -0.2) is 33.8 Å². The molecule has 1 atom stereocenters. The number of aryl methyl sites for hydroxylation is 1. The summed E-state index contributed by atoms with van der Waals surface area (Å²) in [5.74, 6) is 2.16. The molecule has 0 saturated carbocycles. The van der Waals surface area contributed by atoms with E-state index < -0.39 is 5.60 Å². The molecule has 4 heteroatoms. The van der Waals surface area contributed by atoms with E-state index in [1.54, 1.807) is 0 Å². The SMILES string of the molecule is Cc1cc(N2CCCC(C)(O)C2)nc(C(C)C)n1. The highest BCUT2D eigenvalue weighted by atomic mass is 16.3. The van der Waals surface area contributed by atoms with Crippen LogP contribution in [0.4, 0.5) is 5.82 Å². The first kappa shape index (κ1) is 13.3. The lowest BCUT2D eigenvalue weighted by atomic mass is 9.95. The van der Waals surface area contributed by atoms with Gasteiger partial charge in [0.2, 0.25) is 0 Å². The van der Waals surface area contributed by atoms with Crippen molar-refractivity contribution in [3.63, 3.8) is 0 Å². The van der Waals surface area contributed by atoms with Crippen LogP contribution < -0.4 is 4.90 Å². The first-order chi connectivity index (χ1) is 8.37. The van der Waals surface area contributed by atoms with Gasteiger partial charge in [-0.2, -0.15) is 0 Å². The Morgan fingerprint density at radius 3 is 2.72 bits per heavy atom. The van der Waals surface area contributed by atoms with Gasteiger partial charge < -0.3 is 10.0 Å². The molecule has 100 valence electrons. The number of piperidine rings is 1. The van der Waals surface area contributed by atoms with Crippen molar-refractivity contribution in [1.29, 1.82) is 0 Å². The summed E-state index contributed by atoms with van der Waals surface area (Å²) in [7, 11) is 0. The molecule has 18 heavy (non-hydrogen) atoms. The molecule has 1 aromatic rings. The van der Waals surface area contributed by atoms with Crippen LogP contribution in [0.15, 0.2) is 6.07 Å². The van der Waals surface area contributed by atoms with Gasteiger partial charge in [0.25, 0.3) is 0 Å². The molecule has 0 aromatic carbocycles. The third-order valence-electron chi connectivity index (χ3n) is 3.37. The lowest BCUT2D eigenvalue weighted by molar-refractivity contribution is 0.0447. The maximum atomic E-state index is 10.2. The Labute approximate surface area is 109 Å². The van der Waals surface area contributed by atoms with E-state index in [2.05, 4.69) is 28.7 Å². The number of anilines is 1. The van der Waals surface area contributed by atoms with Crippen molar-refractivity contribution >= 4 is 5.82 Å². The fraction of sp³-hybridized carbons (Fsp3) is 0.714. The quantitative estimate of drug-likeness (QED) is 0.873. The van der Waals surface area contributed by atoms with Gasteiger partial charge in [-0.05, 0) is 26.7 Å². The van der Waals surface area contributed by atoms with Gasteiger partial charge in [-0.25, -0.2) is 9.97 Å². The van der Waals surface area contributed by atoms with Gasteiger partial charge in [0, 0.05) is 30.8 Å². The monoisotopic (exact) mass is 249 g/mol. The first-order valence-electron chi connectivity index (χ1n) is 6.70. The molecule has 0 bridgehead atoms. The van der Waals surface area contributed by atoms with Gasteiger partial charge >= 0.3 is 0 Å². The average Bonchev–Trinajstić information content (AvgIpc) is 2.26. The van der Waals surface area contributed by atoms with E-state index in [4.69, 9.17) is 0 Å². The molecule has 1 N–H and O–H groups in total. The summed E-state index contributed by atoms with van der Waals surface area (Å²) in [5.41, 5.74) is 0.392. The Kier molecular flexibility index (Phi) is 3.57. The van der Waals surface area contributed by atoms with Crippen molar-refractivity contribution in [1.82, 2.24) is 9.97 Å². The van der Waals surface area contributed by atoms with Gasteiger partial charge in [-0.1, -0.05) is 13.8 Å². The number of aliphatic hydroxyl groups is 1. The van der Waals surface area contributed by atoms with Crippen molar-refractivity contribution < 1.29 is 5.11 Å². The Morgan fingerprint density at radius 1 is 1.39 bits per heavy atom. The molecule has 0 aliphatic carbocycles. The van der Waals surface area contributed by atoms with E-state index in [0.717, 1.165) is 36.7 Å². The van der Waals surface area contributed by atoms with Crippen molar-refractivity contribution in [2.75, 3.05) is 18.0 Å². The Morgan fingerprint density at radius 2 is 2.11 bits per heavy atom. The summed E-state index contributed by atoms with van der Waals surface area (Å²) in [6.07, 6.45) is 1.87. The van der Waals surface area contributed by atoms with Crippen LogP contribution in [0.25, 0.3) is 0 Å². The molecule has 2 heterocycles. The zero-order valence-electron chi connectivity index (χ0n) is 11.8. The molecule has 1 saturated heterocycles. The molecule has 0 radical (unpaired) electrons. The normalized spacial score (nSPS) is 24.7. The maximum Gasteiger partial charge on any atom is 0.133 e. The Balaban J connectivity index is 2.27. The third kappa shape index (κ3) is 2.99. The predicted molar refractivity (Wildman–Crippen MR) is 72.9 cm³/mol. The molecular formula is C14H23N3O. The minimum absolute atomic E-state index is 0.328. The molecule has 0 amide bonds. The fourth-order valence-electron chi connectivity index (χ4n) is 2.41. The Bertz CT molecular complexity index is 429. The second-order valence-electron chi connectivity index (χ2n) is 5.90. The number of nitrogens with zero attached hydrogens (tertiary/aromatic N) is 3. The van der Waals surface area contributed by atoms with Crippen molar-refractivity contribution in [3.8, 4) is 0 Å². The molecule has 1 aliphatic rings. The molecule has 2 rings (SSSR count). The average molecular weight is 249 g/mol. The summed E-state index contributed by atoms with van der Waals surface area (Å²) in [6.45, 7) is 9.72. The topological polar surface area (TPSA) is 49.2 Å². The minimum atomic E-state index is -0.602. The molecule has 0 spiro atoms. The van der Waals surface area contributed by atoms with Gasteiger partial charge in [0.1, 0.15) is 11.6 Å². The summed E-state index contributed by atoms with van der Waals surface area (Å²) in [6, 6.07) is 2.01. The first-order valence-corrected chi connectivity index (χ1v) is 6.70. The highest BCUT2D eigenvalue weighted by Gasteiger charge is 2.29. The van der Waals surface area contributed by atoms with Crippen LogP contribution >= 0.6 is 0 Å². The molecule has 4 nitrogen and oxygen atoms in total. The van der Waals surface area contributed by atoms with Crippen LogP contribution in [0.1, 0.15) is 51.0 Å². The van der Waals surface area contributed by atoms with Crippen LogP contribution in [0, 0.1) is 6.92 Å². The van der Waals surface area contributed by atoms with Gasteiger partial charge in [0.15, 0.2) is 0 Å². The largest absolute Gasteiger partial charge is 0.388 e. The minimum Gasteiger partial charge on any atom is -0.388 e. The molecule has 1 fully saturated rings. The summed E-state index contributed by atoms with van der Waals surface area (Å²) < 4.78 is 0. The third-order valence-corrected chi connectivity index (χ3v) is 3.37. The maximum absolute atomic E-state index is 10.2. The molecular weight excluding hydrogens is 226 g/mol. The zero-order valence-corrected chi connectivity index (χ0v) is 11.8. The van der Waals surface area contributed by atoms with E-state index in [1.807, 2.05) is 19.9 Å². The molecule has 1 aromatic heterocycles. The van der Waals surface area contributed by atoms with Gasteiger partial charge in [-0.15, -0.1) is 0 Å². The van der Waals surface area contributed by atoms with E-state index >= 15 is 0 Å². The van der Waals surface area contributed by atoms with E-state index in [0.29, 0.717) is 12.5 Å². The highest BCUT2D eigenvalue weighted by Crippen LogP contribution is 2.25. The number of hydrogen-bond acceptors (Lipinski definition) is 4. The predicted octanol–water partition coefficient (Wildman–Crippen LogP) is 2.26. The van der Waals surface area contributed by atoms with E-state index in [-0.39, 0.29) is 0 Å². The standard InChI is InChI=1S/C14H23N3O/c1-10(2)13-15-11(3)8-12(16-13)17-7-5-6-14(4,18)9-17/h8,10,18H,5-7,9H2,1-4H3. The lowest BCUT2D eigenvalue weighted by Gasteiger charge is -2.37. The van der Waals surface area contributed by atoms with Crippen molar-refractivity contribution in [2.45, 2.75) is 52.1 Å². The summed E-state index contributed by atoms with van der Waals surface area (Å²) >= 11 is 0. The van der Waals surface area contributed by atoms with Crippen LogP contribution in [-0.2, 0) is 0 Å². The second-order valence-corrected chi connectivity index (χ2v) is 5.90. The number of β-amino-alcohol motifs (C(OH)–C–C–N with tert-alkyl or cyclic N) is 1. The smallest absolute Gasteiger partial charge is 0.133 e. The number of hydrogen-bond donors (Lipinski definition) is 1. The van der Waals surface area contributed by atoms with Gasteiger partial charge in [0.05, 0.1) is 5.60 Å². The number of rotatable bonds is 2. The van der Waals surface area contributed by atoms with Gasteiger partial charge in [-0.3, -0.25) is 0 Å².